The van der Waals surface area contributed by atoms with Crippen LogP contribution in [-0.2, 0) is 12.1 Å². The molecule has 0 amide bonds. The zero-order valence-corrected chi connectivity index (χ0v) is 14.1. The van der Waals surface area contributed by atoms with E-state index in [9.17, 15) is 5.11 Å². The van der Waals surface area contributed by atoms with Crippen LogP contribution in [0.5, 0.6) is 0 Å². The second kappa shape index (κ2) is 6.19. The SMILES string of the molecule is C=Cc1cccc(C2(O)CC3CCC(C2)N3Cc2ccccc2)c1. The van der Waals surface area contributed by atoms with Gasteiger partial charge < -0.3 is 5.11 Å². The lowest BCUT2D eigenvalue weighted by Crippen LogP contribution is -2.49. The van der Waals surface area contributed by atoms with Crippen molar-refractivity contribution in [3.63, 3.8) is 0 Å². The standard InChI is InChI=1S/C22H25NO/c1-2-17-9-6-10-19(13-17)22(24)14-20-11-12-21(15-22)23(20)16-18-7-4-3-5-8-18/h2-10,13,20-21,24H,1,11-12,14-16H2. The smallest absolute Gasteiger partial charge is 0.0926 e. The molecule has 2 fully saturated rings. The van der Waals surface area contributed by atoms with Crippen molar-refractivity contribution in [2.75, 3.05) is 0 Å². The molecule has 124 valence electrons. The summed E-state index contributed by atoms with van der Waals surface area (Å²) in [5.74, 6) is 0. The molecular weight excluding hydrogens is 294 g/mol. The van der Waals surface area contributed by atoms with Gasteiger partial charge in [0.2, 0.25) is 0 Å². The van der Waals surface area contributed by atoms with Crippen LogP contribution in [-0.4, -0.2) is 22.1 Å². The second-order valence-corrected chi connectivity index (χ2v) is 7.31. The van der Waals surface area contributed by atoms with Crippen LogP contribution in [0.2, 0.25) is 0 Å². The summed E-state index contributed by atoms with van der Waals surface area (Å²) in [6, 6.07) is 19.9. The van der Waals surface area contributed by atoms with Crippen LogP contribution < -0.4 is 0 Å². The van der Waals surface area contributed by atoms with Gasteiger partial charge in [-0.3, -0.25) is 4.90 Å². The molecule has 4 rings (SSSR count). The molecule has 2 bridgehead atoms. The Labute approximate surface area is 144 Å². The predicted molar refractivity (Wildman–Crippen MR) is 98.5 cm³/mol. The average Bonchev–Trinajstić information content (AvgIpc) is 2.86. The Bertz CT molecular complexity index is 710. The fourth-order valence-corrected chi connectivity index (χ4v) is 4.56. The minimum Gasteiger partial charge on any atom is -0.385 e. The van der Waals surface area contributed by atoms with Gasteiger partial charge in [0.25, 0.3) is 0 Å². The first kappa shape index (κ1) is 15.6. The number of hydrogen-bond acceptors (Lipinski definition) is 2. The molecule has 2 heteroatoms. The highest BCUT2D eigenvalue weighted by Crippen LogP contribution is 2.46. The number of rotatable bonds is 4. The van der Waals surface area contributed by atoms with E-state index in [4.69, 9.17) is 0 Å². The van der Waals surface area contributed by atoms with Crippen LogP contribution in [0.25, 0.3) is 6.08 Å². The third-order valence-corrected chi connectivity index (χ3v) is 5.79. The largest absolute Gasteiger partial charge is 0.385 e. The number of aliphatic hydroxyl groups is 1. The third-order valence-electron chi connectivity index (χ3n) is 5.79. The predicted octanol–water partition coefficient (Wildman–Crippen LogP) is 4.34. The maximum absolute atomic E-state index is 11.4. The number of hydrogen-bond donors (Lipinski definition) is 1. The quantitative estimate of drug-likeness (QED) is 0.906. The third kappa shape index (κ3) is 2.81. The Kier molecular flexibility index (Phi) is 4.03. The van der Waals surface area contributed by atoms with Crippen LogP contribution in [0.15, 0.2) is 61.2 Å². The lowest BCUT2D eigenvalue weighted by atomic mass is 9.80. The molecular formula is C22H25NO. The summed E-state index contributed by atoms with van der Waals surface area (Å²) >= 11 is 0. The van der Waals surface area contributed by atoms with Gasteiger partial charge in [-0.15, -0.1) is 0 Å². The summed E-state index contributed by atoms with van der Waals surface area (Å²) in [5, 5.41) is 11.4. The van der Waals surface area contributed by atoms with Crippen molar-refractivity contribution < 1.29 is 5.11 Å². The van der Waals surface area contributed by atoms with Gasteiger partial charge in [0, 0.05) is 18.6 Å². The molecule has 2 aliphatic heterocycles. The fraction of sp³-hybridized carbons (Fsp3) is 0.364. The average molecular weight is 319 g/mol. The summed E-state index contributed by atoms with van der Waals surface area (Å²) in [7, 11) is 0. The summed E-state index contributed by atoms with van der Waals surface area (Å²) in [6.07, 6.45) is 5.90. The highest BCUT2D eigenvalue weighted by molar-refractivity contribution is 5.49. The van der Waals surface area contributed by atoms with Crippen LogP contribution in [0, 0.1) is 0 Å². The van der Waals surface area contributed by atoms with Crippen molar-refractivity contribution >= 4 is 6.08 Å². The molecule has 0 radical (unpaired) electrons. The normalized spacial score (nSPS) is 29.5. The molecule has 2 unspecified atom stereocenters. The first-order valence-corrected chi connectivity index (χ1v) is 8.93. The van der Waals surface area contributed by atoms with Gasteiger partial charge in [0.1, 0.15) is 0 Å². The number of piperidine rings is 1. The van der Waals surface area contributed by atoms with E-state index < -0.39 is 5.60 Å². The Morgan fingerprint density at radius 2 is 1.75 bits per heavy atom. The topological polar surface area (TPSA) is 23.5 Å². The van der Waals surface area contributed by atoms with Crippen molar-refractivity contribution in [1.29, 1.82) is 0 Å². The zero-order chi connectivity index (χ0) is 16.6. The molecule has 1 N–H and O–H groups in total. The van der Waals surface area contributed by atoms with Crippen molar-refractivity contribution in [3.8, 4) is 0 Å². The number of fused-ring (bicyclic) bond motifs is 2. The highest BCUT2D eigenvalue weighted by atomic mass is 16.3. The van der Waals surface area contributed by atoms with Crippen molar-refractivity contribution in [3.05, 3.63) is 77.9 Å². The second-order valence-electron chi connectivity index (χ2n) is 7.31. The number of nitrogens with zero attached hydrogens (tertiary/aromatic N) is 1. The molecule has 0 spiro atoms. The van der Waals surface area contributed by atoms with E-state index in [2.05, 4.69) is 53.9 Å². The molecule has 2 heterocycles. The molecule has 2 aromatic carbocycles. The Balaban J connectivity index is 1.56. The minimum atomic E-state index is -0.696. The summed E-state index contributed by atoms with van der Waals surface area (Å²) in [5.41, 5.74) is 2.81. The van der Waals surface area contributed by atoms with Crippen LogP contribution in [0.1, 0.15) is 42.4 Å². The Hall–Kier alpha value is -1.90. The van der Waals surface area contributed by atoms with E-state index in [-0.39, 0.29) is 0 Å². The Morgan fingerprint density at radius 3 is 2.42 bits per heavy atom. The van der Waals surface area contributed by atoms with Crippen LogP contribution in [0.4, 0.5) is 0 Å². The molecule has 2 aromatic rings. The lowest BCUT2D eigenvalue weighted by molar-refractivity contribution is -0.0595. The number of benzene rings is 2. The fourth-order valence-electron chi connectivity index (χ4n) is 4.56. The molecule has 0 saturated carbocycles. The van der Waals surface area contributed by atoms with E-state index in [1.165, 1.54) is 18.4 Å². The monoisotopic (exact) mass is 319 g/mol. The van der Waals surface area contributed by atoms with Gasteiger partial charge >= 0.3 is 0 Å². The molecule has 0 aliphatic carbocycles. The maximum Gasteiger partial charge on any atom is 0.0926 e. The molecule has 2 atom stereocenters. The van der Waals surface area contributed by atoms with E-state index in [0.717, 1.165) is 30.5 Å². The van der Waals surface area contributed by atoms with E-state index >= 15 is 0 Å². The van der Waals surface area contributed by atoms with Gasteiger partial charge in [0.05, 0.1) is 5.60 Å². The Morgan fingerprint density at radius 1 is 1.04 bits per heavy atom. The van der Waals surface area contributed by atoms with Gasteiger partial charge in [-0.1, -0.05) is 61.2 Å². The zero-order valence-electron chi connectivity index (χ0n) is 14.1. The van der Waals surface area contributed by atoms with Gasteiger partial charge in [-0.05, 0) is 48.4 Å². The molecule has 2 aliphatic rings. The van der Waals surface area contributed by atoms with Crippen LogP contribution in [0.3, 0.4) is 0 Å². The van der Waals surface area contributed by atoms with Crippen LogP contribution >= 0.6 is 0 Å². The minimum absolute atomic E-state index is 0.473. The first-order valence-electron chi connectivity index (χ1n) is 8.93. The van der Waals surface area contributed by atoms with Gasteiger partial charge in [0.15, 0.2) is 0 Å². The van der Waals surface area contributed by atoms with Crippen molar-refractivity contribution in [2.24, 2.45) is 0 Å². The van der Waals surface area contributed by atoms with E-state index in [1.54, 1.807) is 0 Å². The molecule has 0 aromatic heterocycles. The van der Waals surface area contributed by atoms with Gasteiger partial charge in [-0.25, -0.2) is 0 Å². The lowest BCUT2D eigenvalue weighted by Gasteiger charge is -2.44. The van der Waals surface area contributed by atoms with Gasteiger partial charge in [-0.2, -0.15) is 0 Å². The summed E-state index contributed by atoms with van der Waals surface area (Å²) in [6.45, 7) is 4.85. The maximum atomic E-state index is 11.4. The molecule has 24 heavy (non-hydrogen) atoms. The molecule has 2 saturated heterocycles. The summed E-state index contributed by atoms with van der Waals surface area (Å²) < 4.78 is 0. The van der Waals surface area contributed by atoms with E-state index in [0.29, 0.717) is 12.1 Å². The van der Waals surface area contributed by atoms with Crippen molar-refractivity contribution in [1.82, 2.24) is 4.90 Å². The highest BCUT2D eigenvalue weighted by Gasteiger charge is 2.48. The molecule has 2 nitrogen and oxygen atoms in total. The first-order chi connectivity index (χ1) is 11.7. The summed E-state index contributed by atoms with van der Waals surface area (Å²) in [4.78, 5) is 2.61. The van der Waals surface area contributed by atoms with E-state index in [1.807, 2.05) is 18.2 Å². The van der Waals surface area contributed by atoms with Crippen molar-refractivity contribution in [2.45, 2.75) is 49.9 Å².